The Hall–Kier alpha value is -4.65. The molecule has 0 bridgehead atoms. The molecular formula is C34H28F3NO3. The predicted octanol–water partition coefficient (Wildman–Crippen LogP) is 8.75. The van der Waals surface area contributed by atoms with Gasteiger partial charge in [0.2, 0.25) is 0 Å². The van der Waals surface area contributed by atoms with Crippen LogP contribution in [-0.2, 0) is 30.4 Å². The number of fused-ring (bicyclic) bond motifs is 1. The molecule has 0 aliphatic carbocycles. The Morgan fingerprint density at radius 2 is 1.63 bits per heavy atom. The number of pyridine rings is 1. The van der Waals surface area contributed by atoms with Crippen molar-refractivity contribution in [3.8, 4) is 28.0 Å². The number of aromatic nitrogens is 1. The number of rotatable bonds is 9. The number of benzene rings is 4. The molecule has 0 spiro atoms. The maximum atomic E-state index is 13.9. The lowest BCUT2D eigenvalue weighted by atomic mass is 9.89. The average molecular weight is 556 g/mol. The molecule has 41 heavy (non-hydrogen) atoms. The third-order valence-corrected chi connectivity index (χ3v) is 7.04. The molecule has 0 unspecified atom stereocenters. The lowest BCUT2D eigenvalue weighted by molar-refractivity contribution is -0.137. The number of nitrogens with zero attached hydrogens (tertiary/aromatic N) is 1. The second-order valence-electron chi connectivity index (χ2n) is 9.79. The molecule has 5 aromatic rings. The maximum absolute atomic E-state index is 13.9. The van der Waals surface area contributed by atoms with Crippen LogP contribution in [0.15, 0.2) is 97.2 Å². The van der Waals surface area contributed by atoms with Crippen LogP contribution in [0.25, 0.3) is 33.2 Å². The Morgan fingerprint density at radius 3 is 2.41 bits per heavy atom. The summed E-state index contributed by atoms with van der Waals surface area (Å²) < 4.78 is 47.9. The van der Waals surface area contributed by atoms with Crippen LogP contribution in [0.1, 0.15) is 35.6 Å². The molecule has 208 valence electrons. The van der Waals surface area contributed by atoms with Crippen LogP contribution in [0.3, 0.4) is 0 Å². The minimum atomic E-state index is -4.55. The van der Waals surface area contributed by atoms with Gasteiger partial charge in [-0.15, -0.1) is 0 Å². The highest BCUT2D eigenvalue weighted by Gasteiger charge is 2.34. The van der Waals surface area contributed by atoms with Crippen LogP contribution in [0.2, 0.25) is 0 Å². The molecule has 0 radical (unpaired) electrons. The summed E-state index contributed by atoms with van der Waals surface area (Å²) in [7, 11) is 0. The number of para-hydroxylation sites is 1. The molecule has 0 saturated heterocycles. The molecule has 0 saturated carbocycles. The van der Waals surface area contributed by atoms with E-state index in [1.165, 1.54) is 12.3 Å². The monoisotopic (exact) mass is 555 g/mol. The average Bonchev–Trinajstić information content (AvgIpc) is 2.98. The van der Waals surface area contributed by atoms with Crippen molar-refractivity contribution in [2.24, 2.45) is 0 Å². The Labute approximate surface area is 236 Å². The van der Waals surface area contributed by atoms with Gasteiger partial charge in [0, 0.05) is 29.1 Å². The Bertz CT molecular complexity index is 1710. The fourth-order valence-electron chi connectivity index (χ4n) is 5.09. The number of hydrogen-bond acceptors (Lipinski definition) is 3. The van der Waals surface area contributed by atoms with Gasteiger partial charge in [-0.3, -0.25) is 9.78 Å². The topological polar surface area (TPSA) is 59.4 Å². The summed E-state index contributed by atoms with van der Waals surface area (Å²) in [6.07, 6.45) is -1.78. The maximum Gasteiger partial charge on any atom is 0.418 e. The van der Waals surface area contributed by atoms with Gasteiger partial charge >= 0.3 is 12.1 Å². The molecule has 4 nitrogen and oxygen atoms in total. The summed E-state index contributed by atoms with van der Waals surface area (Å²) in [5.41, 5.74) is 5.02. The van der Waals surface area contributed by atoms with E-state index in [-0.39, 0.29) is 18.5 Å². The normalized spacial score (nSPS) is 11.5. The zero-order valence-corrected chi connectivity index (χ0v) is 22.4. The molecule has 5 rings (SSSR count). The van der Waals surface area contributed by atoms with Crippen molar-refractivity contribution in [2.45, 2.75) is 39.0 Å². The van der Waals surface area contributed by atoms with Gasteiger partial charge in [0.05, 0.1) is 11.1 Å². The van der Waals surface area contributed by atoms with Crippen LogP contribution >= 0.6 is 0 Å². The molecule has 0 atom stereocenters. The number of ether oxygens (including phenoxy) is 1. The number of carboxylic acids is 1. The first-order valence-electron chi connectivity index (χ1n) is 13.3. The highest BCUT2D eigenvalue weighted by Crippen LogP contribution is 2.42. The van der Waals surface area contributed by atoms with Gasteiger partial charge < -0.3 is 9.84 Å². The van der Waals surface area contributed by atoms with Crippen molar-refractivity contribution in [2.75, 3.05) is 0 Å². The SMILES string of the molecule is CCc1ccccc1-c1cnc2c(C(F)(F)F)cccc2c1-c1cccc(OCc2cccc(CCC(=O)O)c2)c1. The summed E-state index contributed by atoms with van der Waals surface area (Å²) in [4.78, 5) is 15.3. The zero-order valence-electron chi connectivity index (χ0n) is 22.4. The summed E-state index contributed by atoms with van der Waals surface area (Å²) in [6, 6.07) is 26.9. The summed E-state index contributed by atoms with van der Waals surface area (Å²) >= 11 is 0. The number of aliphatic carboxylic acids is 1. The smallest absolute Gasteiger partial charge is 0.418 e. The molecule has 0 fully saturated rings. The van der Waals surface area contributed by atoms with Crippen molar-refractivity contribution in [1.29, 1.82) is 0 Å². The van der Waals surface area contributed by atoms with Gasteiger partial charge in [-0.2, -0.15) is 13.2 Å². The summed E-state index contributed by atoms with van der Waals surface area (Å²) in [5.74, 6) is -0.291. The largest absolute Gasteiger partial charge is 0.489 e. The van der Waals surface area contributed by atoms with E-state index in [4.69, 9.17) is 9.84 Å². The molecule has 0 aliphatic rings. The van der Waals surface area contributed by atoms with Crippen LogP contribution in [-0.4, -0.2) is 16.1 Å². The highest BCUT2D eigenvalue weighted by atomic mass is 19.4. The number of aryl methyl sites for hydroxylation is 2. The van der Waals surface area contributed by atoms with Crippen LogP contribution in [0, 0.1) is 0 Å². The first-order chi connectivity index (χ1) is 19.7. The van der Waals surface area contributed by atoms with Crippen LogP contribution in [0.4, 0.5) is 13.2 Å². The zero-order chi connectivity index (χ0) is 29.0. The van der Waals surface area contributed by atoms with Crippen molar-refractivity contribution in [1.82, 2.24) is 4.98 Å². The highest BCUT2D eigenvalue weighted by molar-refractivity contribution is 6.03. The first-order valence-corrected chi connectivity index (χ1v) is 13.3. The van der Waals surface area contributed by atoms with E-state index < -0.39 is 17.7 Å². The van der Waals surface area contributed by atoms with Crippen LogP contribution < -0.4 is 4.74 Å². The number of halogens is 3. The predicted molar refractivity (Wildman–Crippen MR) is 154 cm³/mol. The molecule has 1 N–H and O–H groups in total. The third kappa shape index (κ3) is 6.24. The van der Waals surface area contributed by atoms with Gasteiger partial charge in [0.25, 0.3) is 0 Å². The second-order valence-corrected chi connectivity index (χ2v) is 9.79. The second kappa shape index (κ2) is 11.8. The van der Waals surface area contributed by atoms with E-state index in [1.54, 1.807) is 6.07 Å². The Morgan fingerprint density at radius 1 is 0.878 bits per heavy atom. The molecule has 7 heteroatoms. The minimum absolute atomic E-state index is 0.0474. The molecule has 1 heterocycles. The first kappa shape index (κ1) is 27.9. The van der Waals surface area contributed by atoms with Crippen molar-refractivity contribution >= 4 is 16.9 Å². The van der Waals surface area contributed by atoms with Crippen LogP contribution in [0.5, 0.6) is 5.75 Å². The van der Waals surface area contributed by atoms with E-state index in [0.717, 1.165) is 40.3 Å². The number of carboxylic acid groups (broad SMARTS) is 1. The van der Waals surface area contributed by atoms with Gasteiger partial charge in [-0.05, 0) is 58.9 Å². The molecule has 1 aromatic heterocycles. The minimum Gasteiger partial charge on any atom is -0.489 e. The van der Waals surface area contributed by atoms with Gasteiger partial charge in [-0.25, -0.2) is 0 Å². The molecular weight excluding hydrogens is 527 g/mol. The quantitative estimate of drug-likeness (QED) is 0.198. The number of hydrogen-bond donors (Lipinski definition) is 1. The fourth-order valence-corrected chi connectivity index (χ4v) is 5.09. The molecule has 4 aromatic carbocycles. The van der Waals surface area contributed by atoms with E-state index >= 15 is 0 Å². The summed E-state index contributed by atoms with van der Waals surface area (Å²) in [5, 5.41) is 9.38. The van der Waals surface area contributed by atoms with Crippen molar-refractivity contribution in [3.05, 3.63) is 119 Å². The standard InChI is InChI=1S/C34H28F3NO3/c1-2-24-10-3-4-13-27(24)29-20-38-33-28(14-7-15-30(33)34(35,36)37)32(29)25-11-6-12-26(19-25)41-21-23-9-5-8-22(18-23)16-17-31(39)40/h3-15,18-20H,2,16-17,21H2,1H3,(H,39,40). The van der Waals surface area contributed by atoms with E-state index in [1.807, 2.05) is 79.7 Å². The van der Waals surface area contributed by atoms with E-state index in [9.17, 15) is 18.0 Å². The molecule has 0 aliphatic heterocycles. The van der Waals surface area contributed by atoms with Gasteiger partial charge in [0.1, 0.15) is 12.4 Å². The Balaban J connectivity index is 1.57. The van der Waals surface area contributed by atoms with Gasteiger partial charge in [-0.1, -0.05) is 79.7 Å². The van der Waals surface area contributed by atoms with E-state index in [2.05, 4.69) is 4.98 Å². The fraction of sp³-hybridized carbons (Fsp3) is 0.176. The third-order valence-electron chi connectivity index (χ3n) is 7.04. The summed E-state index contributed by atoms with van der Waals surface area (Å²) in [6.45, 7) is 2.30. The van der Waals surface area contributed by atoms with Crippen molar-refractivity contribution in [3.63, 3.8) is 0 Å². The van der Waals surface area contributed by atoms with E-state index in [0.29, 0.717) is 28.7 Å². The number of alkyl halides is 3. The lowest BCUT2D eigenvalue weighted by Gasteiger charge is -2.18. The lowest BCUT2D eigenvalue weighted by Crippen LogP contribution is -2.07. The molecule has 0 amide bonds. The van der Waals surface area contributed by atoms with Gasteiger partial charge in [0.15, 0.2) is 0 Å². The van der Waals surface area contributed by atoms with Crippen molar-refractivity contribution < 1.29 is 27.8 Å². The Kier molecular flexibility index (Phi) is 8.06. The number of carbonyl (C=O) groups is 1.